The number of aliphatic hydroxyl groups excluding tert-OH is 1. The van der Waals surface area contributed by atoms with Crippen LogP contribution in [0.3, 0.4) is 0 Å². The van der Waals surface area contributed by atoms with Crippen LogP contribution in [0.15, 0.2) is 12.1 Å². The third-order valence-electron chi connectivity index (χ3n) is 2.09. The maximum Gasteiger partial charge on any atom is 0.0604 e. The smallest absolute Gasteiger partial charge is 0.0604 e. The van der Waals surface area contributed by atoms with Gasteiger partial charge in [0.2, 0.25) is 0 Å². The van der Waals surface area contributed by atoms with E-state index < -0.39 is 0 Å². The van der Waals surface area contributed by atoms with E-state index in [1.54, 1.807) is 0 Å². The van der Waals surface area contributed by atoms with Gasteiger partial charge < -0.3 is 16.2 Å². The Hall–Kier alpha value is -1.22. The number of aryl methyl sites for hydroxylation is 2. The van der Waals surface area contributed by atoms with Gasteiger partial charge in [0.15, 0.2) is 0 Å². The molecule has 0 unspecified atom stereocenters. The maximum atomic E-state index is 8.64. The molecule has 1 aromatic rings. The largest absolute Gasteiger partial charge is 0.397 e. The molecule has 1 rings (SSSR count). The lowest BCUT2D eigenvalue weighted by molar-refractivity contribution is 0.311. The van der Waals surface area contributed by atoms with Crippen molar-refractivity contribution in [3.8, 4) is 0 Å². The minimum Gasteiger partial charge on any atom is -0.397 e. The molecule has 0 saturated heterocycles. The fraction of sp³-hybridized carbons (Fsp3) is 0.400. The molecular weight excluding hydrogens is 164 g/mol. The van der Waals surface area contributed by atoms with Crippen molar-refractivity contribution >= 4 is 11.4 Å². The van der Waals surface area contributed by atoms with Crippen LogP contribution < -0.4 is 11.1 Å². The molecule has 1 aromatic carbocycles. The number of nitrogen functional groups attached to an aromatic ring is 1. The Morgan fingerprint density at radius 1 is 1.31 bits per heavy atom. The molecule has 0 bridgehead atoms. The van der Waals surface area contributed by atoms with Gasteiger partial charge in [0.05, 0.1) is 18.0 Å². The monoisotopic (exact) mass is 180 g/mol. The molecule has 13 heavy (non-hydrogen) atoms. The van der Waals surface area contributed by atoms with E-state index in [9.17, 15) is 0 Å². The van der Waals surface area contributed by atoms with Crippen molar-refractivity contribution < 1.29 is 5.11 Å². The second-order valence-corrected chi connectivity index (χ2v) is 3.17. The number of nitrogens with two attached hydrogens (primary N) is 1. The van der Waals surface area contributed by atoms with Gasteiger partial charge in [-0.1, -0.05) is 0 Å². The summed E-state index contributed by atoms with van der Waals surface area (Å²) in [6.45, 7) is 4.72. The van der Waals surface area contributed by atoms with E-state index >= 15 is 0 Å². The van der Waals surface area contributed by atoms with Gasteiger partial charge in [-0.15, -0.1) is 0 Å². The Balaban J connectivity index is 2.88. The van der Waals surface area contributed by atoms with E-state index in [1.807, 2.05) is 26.0 Å². The lowest BCUT2D eigenvalue weighted by atomic mass is 10.1. The zero-order valence-corrected chi connectivity index (χ0v) is 8.09. The maximum absolute atomic E-state index is 8.64. The third-order valence-corrected chi connectivity index (χ3v) is 2.09. The first-order chi connectivity index (χ1) is 6.15. The van der Waals surface area contributed by atoms with Gasteiger partial charge in [0, 0.05) is 6.54 Å². The molecule has 0 aliphatic heterocycles. The lowest BCUT2D eigenvalue weighted by Crippen LogP contribution is -2.08. The number of hydrogen-bond acceptors (Lipinski definition) is 3. The van der Waals surface area contributed by atoms with E-state index in [-0.39, 0.29) is 6.61 Å². The van der Waals surface area contributed by atoms with Crippen molar-refractivity contribution in [2.45, 2.75) is 13.8 Å². The standard InChI is InChI=1S/C10H16N2O/c1-7-5-9(11)10(6-8(7)2)12-3-4-13/h5-6,12-13H,3-4,11H2,1-2H3. The van der Waals surface area contributed by atoms with Gasteiger partial charge in [-0.25, -0.2) is 0 Å². The normalized spacial score (nSPS) is 10.1. The zero-order chi connectivity index (χ0) is 9.84. The Kier molecular flexibility index (Phi) is 3.14. The second-order valence-electron chi connectivity index (χ2n) is 3.17. The molecule has 0 aliphatic rings. The molecule has 0 heterocycles. The van der Waals surface area contributed by atoms with Gasteiger partial charge in [-0.3, -0.25) is 0 Å². The fourth-order valence-corrected chi connectivity index (χ4v) is 1.18. The molecule has 0 fully saturated rings. The minimum atomic E-state index is 0.117. The van der Waals surface area contributed by atoms with Gasteiger partial charge >= 0.3 is 0 Å². The molecule has 0 amide bonds. The summed E-state index contributed by atoms with van der Waals surface area (Å²) in [5, 5.41) is 11.7. The summed E-state index contributed by atoms with van der Waals surface area (Å²) < 4.78 is 0. The highest BCUT2D eigenvalue weighted by molar-refractivity contribution is 5.68. The third kappa shape index (κ3) is 2.36. The van der Waals surface area contributed by atoms with Crippen LogP contribution in [0, 0.1) is 13.8 Å². The average Bonchev–Trinajstić information content (AvgIpc) is 2.09. The van der Waals surface area contributed by atoms with Crippen LogP contribution >= 0.6 is 0 Å². The van der Waals surface area contributed by atoms with Crippen LogP contribution in [0.4, 0.5) is 11.4 Å². The first-order valence-corrected chi connectivity index (χ1v) is 4.36. The van der Waals surface area contributed by atoms with E-state index in [0.29, 0.717) is 6.54 Å². The number of aliphatic hydroxyl groups is 1. The molecule has 3 heteroatoms. The van der Waals surface area contributed by atoms with Crippen LogP contribution in [-0.2, 0) is 0 Å². The molecule has 0 radical (unpaired) electrons. The van der Waals surface area contributed by atoms with E-state index in [2.05, 4.69) is 5.32 Å². The highest BCUT2D eigenvalue weighted by Gasteiger charge is 2.00. The van der Waals surface area contributed by atoms with E-state index in [1.165, 1.54) is 11.1 Å². The van der Waals surface area contributed by atoms with Crippen molar-refractivity contribution in [1.82, 2.24) is 0 Å². The van der Waals surface area contributed by atoms with Crippen LogP contribution in [0.25, 0.3) is 0 Å². The van der Waals surface area contributed by atoms with E-state index in [4.69, 9.17) is 10.8 Å². The van der Waals surface area contributed by atoms with Gasteiger partial charge in [-0.2, -0.15) is 0 Å². The van der Waals surface area contributed by atoms with Crippen molar-refractivity contribution in [3.63, 3.8) is 0 Å². The summed E-state index contributed by atoms with van der Waals surface area (Å²) in [4.78, 5) is 0. The van der Waals surface area contributed by atoms with Crippen LogP contribution in [-0.4, -0.2) is 18.3 Å². The highest BCUT2D eigenvalue weighted by atomic mass is 16.3. The molecule has 0 aromatic heterocycles. The fourth-order valence-electron chi connectivity index (χ4n) is 1.18. The number of rotatable bonds is 3. The SMILES string of the molecule is Cc1cc(N)c(NCCO)cc1C. The molecule has 0 saturated carbocycles. The van der Waals surface area contributed by atoms with Gasteiger partial charge in [0.25, 0.3) is 0 Å². The van der Waals surface area contributed by atoms with Crippen molar-refractivity contribution in [1.29, 1.82) is 0 Å². The Labute approximate surface area is 78.6 Å². The van der Waals surface area contributed by atoms with Crippen LogP contribution in [0.5, 0.6) is 0 Å². The Morgan fingerprint density at radius 2 is 1.92 bits per heavy atom. The highest BCUT2D eigenvalue weighted by Crippen LogP contribution is 2.22. The van der Waals surface area contributed by atoms with Gasteiger partial charge in [0.1, 0.15) is 0 Å². The first-order valence-electron chi connectivity index (χ1n) is 4.36. The quantitative estimate of drug-likeness (QED) is 0.614. The van der Waals surface area contributed by atoms with Crippen molar-refractivity contribution in [2.75, 3.05) is 24.2 Å². The number of hydrogen-bond donors (Lipinski definition) is 3. The van der Waals surface area contributed by atoms with Crippen LogP contribution in [0.1, 0.15) is 11.1 Å². The summed E-state index contributed by atoms with van der Waals surface area (Å²) in [6, 6.07) is 3.94. The molecule has 0 spiro atoms. The first kappa shape index (κ1) is 9.86. The number of anilines is 2. The van der Waals surface area contributed by atoms with E-state index in [0.717, 1.165) is 11.4 Å². The average molecular weight is 180 g/mol. The van der Waals surface area contributed by atoms with Crippen LogP contribution in [0.2, 0.25) is 0 Å². The molecule has 0 aliphatic carbocycles. The summed E-state index contributed by atoms with van der Waals surface area (Å²) in [7, 11) is 0. The predicted molar refractivity (Wildman–Crippen MR) is 55.9 cm³/mol. The zero-order valence-electron chi connectivity index (χ0n) is 8.09. The summed E-state index contributed by atoms with van der Waals surface area (Å²) in [5.74, 6) is 0. The predicted octanol–water partition coefficient (Wildman–Crippen LogP) is 1.29. The summed E-state index contributed by atoms with van der Waals surface area (Å²) in [6.07, 6.45) is 0. The lowest BCUT2D eigenvalue weighted by Gasteiger charge is -2.10. The molecular formula is C10H16N2O. The topological polar surface area (TPSA) is 58.3 Å². The second kappa shape index (κ2) is 4.14. The van der Waals surface area contributed by atoms with Gasteiger partial charge in [-0.05, 0) is 37.1 Å². The molecule has 4 N–H and O–H groups in total. The van der Waals surface area contributed by atoms with Crippen molar-refractivity contribution in [3.05, 3.63) is 23.3 Å². The molecule has 3 nitrogen and oxygen atoms in total. The number of benzene rings is 1. The summed E-state index contributed by atoms with van der Waals surface area (Å²) >= 11 is 0. The van der Waals surface area contributed by atoms with Crippen molar-refractivity contribution in [2.24, 2.45) is 0 Å². The molecule has 0 atom stereocenters. The molecule has 72 valence electrons. The Morgan fingerprint density at radius 3 is 2.54 bits per heavy atom. The summed E-state index contributed by atoms with van der Waals surface area (Å²) in [5.41, 5.74) is 9.81. The Bertz CT molecular complexity index is 297. The minimum absolute atomic E-state index is 0.117. The number of nitrogens with one attached hydrogen (secondary N) is 1.